The highest BCUT2D eigenvalue weighted by atomic mass is 32.1. The van der Waals surface area contributed by atoms with Crippen molar-refractivity contribution >= 4 is 27.4 Å². The van der Waals surface area contributed by atoms with Gasteiger partial charge in [-0.05, 0) is 48.9 Å². The molecule has 8 heteroatoms. The van der Waals surface area contributed by atoms with Crippen LogP contribution in [0.25, 0.3) is 10.2 Å². The van der Waals surface area contributed by atoms with E-state index in [2.05, 4.69) is 29.0 Å². The maximum Gasteiger partial charge on any atom is 0.231 e. The van der Waals surface area contributed by atoms with Gasteiger partial charge in [0.05, 0.1) is 25.1 Å². The summed E-state index contributed by atoms with van der Waals surface area (Å²) in [5, 5.41) is 1.26. The Morgan fingerprint density at radius 1 is 1.06 bits per heavy atom. The van der Waals surface area contributed by atoms with Gasteiger partial charge >= 0.3 is 0 Å². The zero-order chi connectivity index (χ0) is 21.5. The highest BCUT2D eigenvalue weighted by molar-refractivity contribution is 7.19. The second-order valence-electron chi connectivity index (χ2n) is 8.79. The van der Waals surface area contributed by atoms with Crippen LogP contribution in [0.15, 0.2) is 18.2 Å². The van der Waals surface area contributed by atoms with Gasteiger partial charge in [-0.1, -0.05) is 6.07 Å². The van der Waals surface area contributed by atoms with E-state index in [1.165, 1.54) is 40.7 Å². The van der Waals surface area contributed by atoms with Gasteiger partial charge in [-0.25, -0.2) is 9.97 Å². The lowest BCUT2D eigenvalue weighted by Gasteiger charge is -2.26. The number of rotatable bonds is 5. The minimum atomic E-state index is 0.299. The summed E-state index contributed by atoms with van der Waals surface area (Å²) in [5.41, 5.74) is 2.66. The molecule has 3 aliphatic rings. The maximum absolute atomic E-state index is 5.58. The van der Waals surface area contributed by atoms with Crippen LogP contribution in [0.3, 0.4) is 0 Å². The molecule has 3 aromatic rings. The number of anilines is 1. The fourth-order valence-corrected chi connectivity index (χ4v) is 6.15. The number of thiophene rings is 1. The molecule has 0 bridgehead atoms. The molecule has 1 fully saturated rings. The lowest BCUT2D eigenvalue weighted by molar-refractivity contribution is 0.0331. The minimum absolute atomic E-state index is 0.299. The third-order valence-electron chi connectivity index (χ3n) is 6.53. The summed E-state index contributed by atoms with van der Waals surface area (Å²) in [6.07, 6.45) is 4.82. The van der Waals surface area contributed by atoms with Crippen LogP contribution in [0.2, 0.25) is 0 Å². The molecule has 0 N–H and O–H groups in total. The van der Waals surface area contributed by atoms with Crippen molar-refractivity contribution in [3.05, 3.63) is 40.0 Å². The molecule has 0 spiro atoms. The number of hydrogen-bond donors (Lipinski definition) is 0. The van der Waals surface area contributed by atoms with Crippen molar-refractivity contribution in [1.29, 1.82) is 0 Å². The predicted molar refractivity (Wildman–Crippen MR) is 125 cm³/mol. The highest BCUT2D eigenvalue weighted by Gasteiger charge is 2.24. The SMILES string of the molecule is CN(Cc1ccc2c(c1)OCO2)c1nc(CN2CCOCC2)nc2sc3c(c12)CCCC3. The number of nitrogens with zero attached hydrogens (tertiary/aromatic N) is 4. The first kappa shape index (κ1) is 20.2. The van der Waals surface area contributed by atoms with E-state index in [-0.39, 0.29) is 0 Å². The van der Waals surface area contributed by atoms with Crippen molar-refractivity contribution in [2.45, 2.75) is 38.8 Å². The average molecular weight is 453 g/mol. The van der Waals surface area contributed by atoms with E-state index >= 15 is 0 Å². The molecule has 0 saturated carbocycles. The largest absolute Gasteiger partial charge is 0.454 e. The van der Waals surface area contributed by atoms with Crippen LogP contribution < -0.4 is 14.4 Å². The number of ether oxygens (including phenoxy) is 3. The molecule has 1 aromatic carbocycles. The molecular formula is C24H28N4O3S. The van der Waals surface area contributed by atoms with Gasteiger partial charge in [0.15, 0.2) is 11.5 Å². The molecular weight excluding hydrogens is 424 g/mol. The summed E-state index contributed by atoms with van der Waals surface area (Å²) < 4.78 is 16.6. The van der Waals surface area contributed by atoms with Gasteiger partial charge < -0.3 is 19.1 Å². The molecule has 168 valence electrons. The second-order valence-corrected chi connectivity index (χ2v) is 9.87. The Kier molecular flexibility index (Phi) is 5.37. The van der Waals surface area contributed by atoms with Gasteiger partial charge in [0, 0.05) is 31.6 Å². The highest BCUT2D eigenvalue weighted by Crippen LogP contribution is 2.40. The first-order chi connectivity index (χ1) is 15.7. The Bertz CT molecular complexity index is 1140. The van der Waals surface area contributed by atoms with Gasteiger partial charge in [-0.2, -0.15) is 0 Å². The molecule has 32 heavy (non-hydrogen) atoms. The Hall–Kier alpha value is -2.42. The van der Waals surface area contributed by atoms with Crippen LogP contribution in [-0.2, 0) is 30.7 Å². The molecule has 6 rings (SSSR count). The lowest BCUT2D eigenvalue weighted by atomic mass is 9.97. The van der Waals surface area contributed by atoms with E-state index < -0.39 is 0 Å². The van der Waals surface area contributed by atoms with E-state index in [4.69, 9.17) is 24.2 Å². The molecule has 0 unspecified atom stereocenters. The van der Waals surface area contributed by atoms with E-state index in [0.29, 0.717) is 6.79 Å². The van der Waals surface area contributed by atoms with Gasteiger partial charge in [0.1, 0.15) is 16.5 Å². The summed E-state index contributed by atoms with van der Waals surface area (Å²) in [7, 11) is 2.14. The van der Waals surface area contributed by atoms with Crippen LogP contribution in [0.4, 0.5) is 5.82 Å². The number of morpholine rings is 1. The fraction of sp³-hybridized carbons (Fsp3) is 0.500. The van der Waals surface area contributed by atoms with Crippen LogP contribution in [0, 0.1) is 0 Å². The zero-order valence-electron chi connectivity index (χ0n) is 18.4. The van der Waals surface area contributed by atoms with Crippen LogP contribution in [-0.4, -0.2) is 55.0 Å². The summed E-state index contributed by atoms with van der Waals surface area (Å²) in [5.74, 6) is 3.60. The quantitative estimate of drug-likeness (QED) is 0.584. The fourth-order valence-electron chi connectivity index (χ4n) is 4.88. The third kappa shape index (κ3) is 3.80. The molecule has 0 atom stereocenters. The lowest BCUT2D eigenvalue weighted by Crippen LogP contribution is -2.36. The minimum Gasteiger partial charge on any atom is -0.454 e. The van der Waals surface area contributed by atoms with Gasteiger partial charge in [-0.3, -0.25) is 4.90 Å². The van der Waals surface area contributed by atoms with E-state index in [1.54, 1.807) is 0 Å². The second kappa shape index (κ2) is 8.50. The Morgan fingerprint density at radius 2 is 1.91 bits per heavy atom. The standard InChI is InChI=1S/C24H28N4O3S/c1-27(13-16-6-7-18-19(12-16)31-15-30-18)23-22-17-4-2-3-5-20(17)32-24(22)26-21(25-23)14-28-8-10-29-11-9-28/h6-7,12H,2-5,8-11,13-15H2,1H3. The predicted octanol–water partition coefficient (Wildman–Crippen LogP) is 3.77. The monoisotopic (exact) mass is 452 g/mol. The third-order valence-corrected chi connectivity index (χ3v) is 7.71. The molecule has 2 aromatic heterocycles. The first-order valence-corrected chi connectivity index (χ1v) is 12.3. The first-order valence-electron chi connectivity index (χ1n) is 11.5. The van der Waals surface area contributed by atoms with E-state index in [1.807, 2.05) is 17.4 Å². The van der Waals surface area contributed by atoms with E-state index in [0.717, 1.165) is 73.8 Å². The smallest absolute Gasteiger partial charge is 0.231 e. The number of aromatic nitrogens is 2. The number of aryl methyl sites for hydroxylation is 2. The normalized spacial score (nSPS) is 18.2. The Balaban J connectivity index is 1.36. The topological polar surface area (TPSA) is 60.0 Å². The Morgan fingerprint density at radius 3 is 2.81 bits per heavy atom. The number of benzene rings is 1. The molecule has 1 aliphatic carbocycles. The van der Waals surface area contributed by atoms with Gasteiger partial charge in [0.2, 0.25) is 6.79 Å². The molecule has 7 nitrogen and oxygen atoms in total. The van der Waals surface area contributed by atoms with Crippen molar-refractivity contribution < 1.29 is 14.2 Å². The van der Waals surface area contributed by atoms with Gasteiger partial charge in [-0.15, -0.1) is 11.3 Å². The molecule has 1 saturated heterocycles. The molecule has 0 radical (unpaired) electrons. The molecule has 2 aliphatic heterocycles. The molecule has 0 amide bonds. The Labute approximate surface area is 191 Å². The summed E-state index contributed by atoms with van der Waals surface area (Å²) in [4.78, 5) is 17.5. The van der Waals surface area contributed by atoms with Crippen LogP contribution in [0.1, 0.15) is 34.7 Å². The van der Waals surface area contributed by atoms with Crippen molar-refractivity contribution in [1.82, 2.24) is 14.9 Å². The summed E-state index contributed by atoms with van der Waals surface area (Å²) >= 11 is 1.87. The molecule has 4 heterocycles. The van der Waals surface area contributed by atoms with E-state index in [9.17, 15) is 0 Å². The van der Waals surface area contributed by atoms with Crippen LogP contribution in [0.5, 0.6) is 11.5 Å². The maximum atomic E-state index is 5.58. The van der Waals surface area contributed by atoms with Crippen molar-refractivity contribution in [3.8, 4) is 11.5 Å². The van der Waals surface area contributed by atoms with Crippen molar-refractivity contribution in [2.24, 2.45) is 0 Å². The summed E-state index contributed by atoms with van der Waals surface area (Å²) in [6.45, 7) is 5.26. The van der Waals surface area contributed by atoms with Crippen LogP contribution >= 0.6 is 11.3 Å². The van der Waals surface area contributed by atoms with Gasteiger partial charge in [0.25, 0.3) is 0 Å². The number of hydrogen-bond acceptors (Lipinski definition) is 8. The average Bonchev–Trinajstić information content (AvgIpc) is 3.43. The number of fused-ring (bicyclic) bond motifs is 4. The van der Waals surface area contributed by atoms with Crippen molar-refractivity contribution in [3.63, 3.8) is 0 Å². The van der Waals surface area contributed by atoms with Crippen molar-refractivity contribution in [2.75, 3.05) is 45.0 Å². The zero-order valence-corrected chi connectivity index (χ0v) is 19.2. The summed E-state index contributed by atoms with van der Waals surface area (Å²) in [6, 6.07) is 6.19.